The minimum atomic E-state index is 0.230. The Balaban J connectivity index is 1.39. The molecule has 5 saturated carbocycles. The van der Waals surface area contributed by atoms with E-state index >= 15 is 0 Å². The topological polar surface area (TPSA) is 38.0 Å². The summed E-state index contributed by atoms with van der Waals surface area (Å²) in [5.41, 5.74) is 8.05. The number of hydrogen-bond donors (Lipinski definition) is 2. The van der Waals surface area contributed by atoms with Crippen LogP contribution in [0.15, 0.2) is 30.3 Å². The van der Waals surface area contributed by atoms with Gasteiger partial charge in [-0.2, -0.15) is 11.8 Å². The molecule has 0 amide bonds. The molecule has 4 bridgehead atoms. The number of thiocarbonyl (C=S) groups is 1. The Bertz CT molecular complexity index is 724. The van der Waals surface area contributed by atoms with Gasteiger partial charge < -0.3 is 11.1 Å². The number of rotatable bonds is 5. The van der Waals surface area contributed by atoms with E-state index in [-0.39, 0.29) is 5.41 Å². The van der Waals surface area contributed by atoms with Gasteiger partial charge in [-0.25, -0.2) is 0 Å². The third-order valence-electron chi connectivity index (χ3n) is 8.87. The molecule has 0 radical (unpaired) electrons. The van der Waals surface area contributed by atoms with Crippen molar-refractivity contribution in [1.82, 2.24) is 5.32 Å². The second kappa shape index (κ2) is 7.84. The van der Waals surface area contributed by atoms with Crippen molar-refractivity contribution in [1.29, 1.82) is 0 Å². The molecule has 29 heavy (non-hydrogen) atoms. The lowest BCUT2D eigenvalue weighted by molar-refractivity contribution is -0.0297. The van der Waals surface area contributed by atoms with Gasteiger partial charge in [0.25, 0.3) is 0 Å². The van der Waals surface area contributed by atoms with Crippen LogP contribution in [-0.2, 0) is 5.41 Å². The molecule has 5 aliphatic rings. The van der Waals surface area contributed by atoms with E-state index in [0.717, 1.165) is 29.5 Å². The number of nitrogens with two attached hydrogens (primary N) is 1. The molecule has 0 heterocycles. The monoisotopic (exact) mass is 428 g/mol. The molecule has 2 atom stereocenters. The SMILES string of the molecule is CSC1C2CC3(C(=S)NC4CCC(CN)CC4)CC1CC(c1ccccc1)(C2)C3. The first kappa shape index (κ1) is 20.3. The minimum Gasteiger partial charge on any atom is -0.376 e. The summed E-state index contributed by atoms with van der Waals surface area (Å²) in [7, 11) is 0. The summed E-state index contributed by atoms with van der Waals surface area (Å²) >= 11 is 8.34. The molecule has 4 heteroatoms. The number of nitrogens with one attached hydrogen (secondary N) is 1. The van der Waals surface area contributed by atoms with Crippen LogP contribution in [0.3, 0.4) is 0 Å². The van der Waals surface area contributed by atoms with Gasteiger partial charge in [-0.1, -0.05) is 42.5 Å². The Morgan fingerprint density at radius 3 is 2.31 bits per heavy atom. The summed E-state index contributed by atoms with van der Waals surface area (Å²) in [5.74, 6) is 2.36. The summed E-state index contributed by atoms with van der Waals surface area (Å²) in [4.78, 5) is 1.21. The molecule has 0 aliphatic heterocycles. The van der Waals surface area contributed by atoms with Crippen LogP contribution in [-0.4, -0.2) is 29.1 Å². The van der Waals surface area contributed by atoms with Gasteiger partial charge in [-0.15, -0.1) is 0 Å². The zero-order valence-corrected chi connectivity index (χ0v) is 19.4. The molecule has 158 valence electrons. The molecule has 0 saturated heterocycles. The fourth-order valence-electron chi connectivity index (χ4n) is 7.77. The zero-order chi connectivity index (χ0) is 20.1. The van der Waals surface area contributed by atoms with Crippen LogP contribution >= 0.6 is 24.0 Å². The lowest BCUT2D eigenvalue weighted by atomic mass is 9.42. The fraction of sp³-hybridized carbons (Fsp3) is 0.720. The normalized spacial score (nSPS) is 43.3. The molecule has 1 aromatic rings. The third-order valence-corrected chi connectivity index (χ3v) is 10.7. The summed E-state index contributed by atoms with van der Waals surface area (Å²) in [6, 6.07) is 12.0. The molecule has 5 fully saturated rings. The van der Waals surface area contributed by atoms with Gasteiger partial charge >= 0.3 is 0 Å². The Hall–Kier alpha value is -0.580. The molecule has 2 unspecified atom stereocenters. The van der Waals surface area contributed by atoms with Crippen molar-refractivity contribution < 1.29 is 0 Å². The van der Waals surface area contributed by atoms with E-state index < -0.39 is 0 Å². The van der Waals surface area contributed by atoms with Gasteiger partial charge in [-0.3, -0.25) is 0 Å². The van der Waals surface area contributed by atoms with Gasteiger partial charge in [0.05, 0.1) is 4.99 Å². The van der Waals surface area contributed by atoms with E-state index in [2.05, 4.69) is 53.7 Å². The lowest BCUT2D eigenvalue weighted by Gasteiger charge is -2.65. The zero-order valence-electron chi connectivity index (χ0n) is 17.7. The van der Waals surface area contributed by atoms with Crippen molar-refractivity contribution in [3.8, 4) is 0 Å². The lowest BCUT2D eigenvalue weighted by Crippen LogP contribution is -2.63. The van der Waals surface area contributed by atoms with Crippen LogP contribution < -0.4 is 11.1 Å². The Labute approximate surface area is 186 Å². The van der Waals surface area contributed by atoms with Crippen molar-refractivity contribution in [2.45, 2.75) is 74.5 Å². The maximum Gasteiger partial charge on any atom is 0.0818 e. The van der Waals surface area contributed by atoms with Crippen LogP contribution in [0.4, 0.5) is 0 Å². The highest BCUT2D eigenvalue weighted by Crippen LogP contribution is 2.67. The van der Waals surface area contributed by atoms with Crippen molar-refractivity contribution in [3.63, 3.8) is 0 Å². The highest BCUT2D eigenvalue weighted by molar-refractivity contribution is 7.99. The van der Waals surface area contributed by atoms with Crippen LogP contribution in [0.2, 0.25) is 0 Å². The van der Waals surface area contributed by atoms with Gasteiger partial charge in [-0.05, 0) is 99.3 Å². The number of thioether (sulfide) groups is 1. The molecule has 3 N–H and O–H groups in total. The number of benzene rings is 1. The predicted octanol–water partition coefficient (Wildman–Crippen LogP) is 5.30. The van der Waals surface area contributed by atoms with Crippen LogP contribution in [0.5, 0.6) is 0 Å². The first-order valence-electron chi connectivity index (χ1n) is 11.7. The summed E-state index contributed by atoms with van der Waals surface area (Å²) in [6.07, 6.45) is 14.0. The summed E-state index contributed by atoms with van der Waals surface area (Å²) < 4.78 is 0. The standard InChI is InChI=1S/C25H36N2S2/c1-29-22-18-11-24(20-5-3-2-4-6-20)12-19(22)14-25(13-18,16-24)23(28)27-21-9-7-17(15-26)8-10-21/h2-6,17-19,21-22H,7-16,26H2,1H3,(H,27,28). The Morgan fingerprint density at radius 1 is 1.07 bits per heavy atom. The van der Waals surface area contributed by atoms with E-state index in [1.54, 1.807) is 5.56 Å². The maximum atomic E-state index is 6.22. The molecule has 1 aromatic carbocycles. The van der Waals surface area contributed by atoms with Gasteiger partial charge in [0, 0.05) is 16.7 Å². The van der Waals surface area contributed by atoms with Crippen molar-refractivity contribution >= 4 is 29.0 Å². The third kappa shape index (κ3) is 3.47. The Kier molecular flexibility index (Phi) is 5.49. The highest BCUT2D eigenvalue weighted by Gasteiger charge is 2.62. The largest absolute Gasteiger partial charge is 0.376 e. The molecule has 2 nitrogen and oxygen atoms in total. The van der Waals surface area contributed by atoms with Gasteiger partial charge in [0.2, 0.25) is 0 Å². The second-order valence-electron chi connectivity index (χ2n) is 10.6. The van der Waals surface area contributed by atoms with Crippen molar-refractivity contribution in [3.05, 3.63) is 35.9 Å². The molecule has 5 aliphatic carbocycles. The summed E-state index contributed by atoms with van der Waals surface area (Å²) in [6.45, 7) is 0.847. The average Bonchev–Trinajstić information content (AvgIpc) is 2.74. The van der Waals surface area contributed by atoms with Crippen molar-refractivity contribution in [2.75, 3.05) is 12.8 Å². The second-order valence-corrected chi connectivity index (χ2v) is 12.0. The highest BCUT2D eigenvalue weighted by atomic mass is 32.2. The van der Waals surface area contributed by atoms with Gasteiger partial charge in [0.15, 0.2) is 0 Å². The fourth-order valence-corrected chi connectivity index (χ4v) is 9.33. The van der Waals surface area contributed by atoms with E-state index in [9.17, 15) is 0 Å². The molecule has 0 aromatic heterocycles. The van der Waals surface area contributed by atoms with Gasteiger partial charge in [0.1, 0.15) is 0 Å². The van der Waals surface area contributed by atoms with Crippen LogP contribution in [0.25, 0.3) is 0 Å². The predicted molar refractivity (Wildman–Crippen MR) is 128 cm³/mol. The van der Waals surface area contributed by atoms with Crippen molar-refractivity contribution in [2.24, 2.45) is 28.9 Å². The van der Waals surface area contributed by atoms with E-state index in [0.29, 0.717) is 11.5 Å². The van der Waals surface area contributed by atoms with Crippen LogP contribution in [0, 0.1) is 23.2 Å². The molecule has 6 rings (SSSR count). The minimum absolute atomic E-state index is 0.230. The first-order valence-corrected chi connectivity index (χ1v) is 13.4. The quantitative estimate of drug-likeness (QED) is 0.624. The maximum absolute atomic E-state index is 6.22. The smallest absolute Gasteiger partial charge is 0.0818 e. The van der Waals surface area contributed by atoms with E-state index in [4.69, 9.17) is 18.0 Å². The van der Waals surface area contributed by atoms with E-state index in [1.165, 1.54) is 62.8 Å². The van der Waals surface area contributed by atoms with Crippen LogP contribution in [0.1, 0.15) is 63.4 Å². The summed E-state index contributed by atoms with van der Waals surface area (Å²) in [5, 5.41) is 4.74. The Morgan fingerprint density at radius 2 is 1.72 bits per heavy atom. The average molecular weight is 429 g/mol. The first-order chi connectivity index (χ1) is 14.1. The molecule has 0 spiro atoms. The molecular formula is C25H36N2S2. The molecular weight excluding hydrogens is 392 g/mol. The number of hydrogen-bond acceptors (Lipinski definition) is 3. The van der Waals surface area contributed by atoms with E-state index in [1.807, 2.05) is 0 Å².